The Morgan fingerprint density at radius 2 is 1.85 bits per heavy atom. The van der Waals surface area contributed by atoms with Crippen LogP contribution in [-0.2, 0) is 18.3 Å². The summed E-state index contributed by atoms with van der Waals surface area (Å²) >= 11 is 6.95. The van der Waals surface area contributed by atoms with E-state index in [0.29, 0.717) is 39.2 Å². The van der Waals surface area contributed by atoms with Crippen molar-refractivity contribution in [1.29, 1.82) is 0 Å². The number of aryl methyl sites for hydroxylation is 1. The Hall–Kier alpha value is -2.50. The van der Waals surface area contributed by atoms with Crippen LogP contribution in [0, 0.1) is 13.8 Å². The summed E-state index contributed by atoms with van der Waals surface area (Å²) in [5.74, 6) is -0.565. The molecule has 0 unspecified atom stereocenters. The minimum absolute atomic E-state index is 0.0871. The minimum atomic E-state index is -0.477. The minimum Gasteiger partial charge on any atom is -0.465 e. The molecule has 1 saturated heterocycles. The number of esters is 1. The van der Waals surface area contributed by atoms with Crippen molar-refractivity contribution in [3.8, 4) is 0 Å². The number of methoxy groups -OCH3 is 1. The highest BCUT2D eigenvalue weighted by atomic mass is 32.1. The molecule has 186 valence electrons. The van der Waals surface area contributed by atoms with Gasteiger partial charge in [0, 0.05) is 64.1 Å². The van der Waals surface area contributed by atoms with E-state index in [0.717, 1.165) is 32.7 Å². The van der Waals surface area contributed by atoms with Gasteiger partial charge in [-0.3, -0.25) is 14.4 Å². The fourth-order valence-corrected chi connectivity index (χ4v) is 5.54. The van der Waals surface area contributed by atoms with Crippen LogP contribution in [0.4, 0.5) is 5.00 Å². The van der Waals surface area contributed by atoms with Gasteiger partial charge in [-0.05, 0) is 45.5 Å². The molecule has 0 saturated carbocycles. The van der Waals surface area contributed by atoms with Gasteiger partial charge in [0.1, 0.15) is 5.00 Å². The second kappa shape index (κ2) is 11.3. The lowest BCUT2D eigenvalue weighted by Gasteiger charge is -2.36. The number of piperazine rings is 1. The zero-order chi connectivity index (χ0) is 25.0. The summed E-state index contributed by atoms with van der Waals surface area (Å²) < 4.78 is 6.90. The van der Waals surface area contributed by atoms with Gasteiger partial charge in [0.2, 0.25) is 0 Å². The van der Waals surface area contributed by atoms with Crippen LogP contribution in [0.15, 0.2) is 6.20 Å². The van der Waals surface area contributed by atoms with Crippen LogP contribution < -0.4 is 5.32 Å². The van der Waals surface area contributed by atoms with Gasteiger partial charge in [-0.1, -0.05) is 0 Å². The van der Waals surface area contributed by atoms with Gasteiger partial charge in [-0.15, -0.1) is 11.3 Å². The number of thiophene rings is 1. The van der Waals surface area contributed by atoms with Crippen molar-refractivity contribution in [1.82, 2.24) is 24.5 Å². The Bertz CT molecular complexity index is 1050. The number of rotatable bonds is 7. The van der Waals surface area contributed by atoms with E-state index in [1.165, 1.54) is 29.7 Å². The number of aromatic nitrogens is 2. The lowest BCUT2D eigenvalue weighted by Crippen LogP contribution is -2.49. The zero-order valence-electron chi connectivity index (χ0n) is 20.8. The summed E-state index contributed by atoms with van der Waals surface area (Å²) in [4.78, 5) is 32.3. The first kappa shape index (κ1) is 26.1. The average Bonchev–Trinajstić information content (AvgIpc) is 3.33. The zero-order valence-corrected chi connectivity index (χ0v) is 22.4. The van der Waals surface area contributed by atoms with Crippen LogP contribution in [0.3, 0.4) is 0 Å². The highest BCUT2D eigenvalue weighted by Gasteiger charge is 2.29. The fourth-order valence-electron chi connectivity index (χ4n) is 4.03. The van der Waals surface area contributed by atoms with Crippen LogP contribution in [0.2, 0.25) is 0 Å². The number of hydrogen-bond donors (Lipinski definition) is 1. The van der Waals surface area contributed by atoms with Gasteiger partial charge >= 0.3 is 5.97 Å². The van der Waals surface area contributed by atoms with E-state index in [1.807, 2.05) is 31.8 Å². The molecule has 3 heterocycles. The van der Waals surface area contributed by atoms with E-state index in [4.69, 9.17) is 17.0 Å². The average molecular weight is 507 g/mol. The lowest BCUT2D eigenvalue weighted by atomic mass is 10.1. The maximum atomic E-state index is 13.0. The largest absolute Gasteiger partial charge is 0.465 e. The lowest BCUT2D eigenvalue weighted by molar-refractivity contribution is 0.0601. The number of carbonyl (C=O) groups excluding carboxylic acids is 2. The molecule has 1 amide bonds. The predicted molar refractivity (Wildman–Crippen MR) is 139 cm³/mol. The molecule has 9 nitrogen and oxygen atoms in total. The van der Waals surface area contributed by atoms with E-state index in [2.05, 4.69) is 27.1 Å². The monoisotopic (exact) mass is 506 g/mol. The summed E-state index contributed by atoms with van der Waals surface area (Å²) in [7, 11) is 3.30. The molecular weight excluding hydrogens is 472 g/mol. The summed E-state index contributed by atoms with van der Waals surface area (Å²) in [5, 5.41) is 8.67. The van der Waals surface area contributed by atoms with Gasteiger partial charge in [0.15, 0.2) is 5.11 Å². The number of anilines is 1. The van der Waals surface area contributed by atoms with Crippen molar-refractivity contribution >= 4 is 45.5 Å². The quantitative estimate of drug-likeness (QED) is 0.454. The molecule has 0 bridgehead atoms. The van der Waals surface area contributed by atoms with Crippen LogP contribution >= 0.6 is 23.6 Å². The van der Waals surface area contributed by atoms with Gasteiger partial charge in [0.05, 0.1) is 23.7 Å². The molecule has 1 N–H and O–H groups in total. The summed E-state index contributed by atoms with van der Waals surface area (Å²) in [6, 6.07) is 0. The van der Waals surface area contributed by atoms with Crippen LogP contribution in [-0.4, -0.2) is 87.8 Å². The smallest absolute Gasteiger partial charge is 0.341 e. The maximum Gasteiger partial charge on any atom is 0.341 e. The first-order chi connectivity index (χ1) is 16.2. The van der Waals surface area contributed by atoms with Crippen molar-refractivity contribution in [2.24, 2.45) is 7.05 Å². The van der Waals surface area contributed by atoms with Crippen molar-refractivity contribution in [3.05, 3.63) is 33.5 Å². The number of nitrogens with one attached hydrogen (secondary N) is 1. The van der Waals surface area contributed by atoms with E-state index in [9.17, 15) is 9.59 Å². The highest BCUT2D eigenvalue weighted by molar-refractivity contribution is 7.80. The molecule has 0 aromatic carbocycles. The fraction of sp³-hybridized carbons (Fsp3) is 0.565. The van der Waals surface area contributed by atoms with Crippen molar-refractivity contribution in [2.45, 2.75) is 34.2 Å². The molecule has 34 heavy (non-hydrogen) atoms. The third-order valence-electron chi connectivity index (χ3n) is 6.39. The number of amides is 1. The number of ether oxygens (including phenoxy) is 1. The normalized spacial score (nSPS) is 14.2. The van der Waals surface area contributed by atoms with E-state index in [-0.39, 0.29) is 5.91 Å². The predicted octanol–water partition coefficient (Wildman–Crippen LogP) is 2.88. The Balaban J connectivity index is 1.70. The SMILES string of the molecule is CCN(CC)C(=O)c1sc(NC(=S)N2CCN(Cc3cnn(C)c3C)CC2)c(C(=O)OC)c1C. The van der Waals surface area contributed by atoms with Gasteiger partial charge in [-0.2, -0.15) is 5.10 Å². The molecule has 0 atom stereocenters. The number of carbonyl (C=O) groups is 2. The molecule has 11 heteroatoms. The second-order valence-electron chi connectivity index (χ2n) is 8.30. The number of thiocarbonyl (C=S) groups is 1. The Morgan fingerprint density at radius 3 is 2.38 bits per heavy atom. The molecule has 0 aliphatic carbocycles. The standard InChI is InChI=1S/C23H34N6O3S2/c1-7-28(8-2)21(30)19-15(3)18(22(31)32-6)20(34-19)25-23(33)29-11-9-27(10-12-29)14-17-13-24-26(5)16(17)4/h13H,7-12,14H2,1-6H3,(H,25,33). The molecule has 1 aliphatic rings. The molecule has 0 spiro atoms. The van der Waals surface area contributed by atoms with Crippen LogP contribution in [0.5, 0.6) is 0 Å². The highest BCUT2D eigenvalue weighted by Crippen LogP contribution is 2.35. The van der Waals surface area contributed by atoms with E-state index < -0.39 is 5.97 Å². The van der Waals surface area contributed by atoms with E-state index in [1.54, 1.807) is 11.8 Å². The molecule has 2 aromatic rings. The number of hydrogen-bond acceptors (Lipinski definition) is 7. The molecule has 0 radical (unpaired) electrons. The molecule has 1 aliphatic heterocycles. The first-order valence-electron chi connectivity index (χ1n) is 11.5. The van der Waals surface area contributed by atoms with E-state index >= 15 is 0 Å². The summed E-state index contributed by atoms with van der Waals surface area (Å²) in [6.45, 7) is 13.1. The van der Waals surface area contributed by atoms with Crippen molar-refractivity contribution < 1.29 is 14.3 Å². The third kappa shape index (κ3) is 5.42. The third-order valence-corrected chi connectivity index (χ3v) is 7.95. The Labute approximate surface area is 210 Å². The second-order valence-corrected chi connectivity index (χ2v) is 9.71. The van der Waals surface area contributed by atoms with Crippen molar-refractivity contribution in [3.63, 3.8) is 0 Å². The van der Waals surface area contributed by atoms with Gasteiger partial charge in [-0.25, -0.2) is 4.79 Å². The van der Waals surface area contributed by atoms with Gasteiger partial charge < -0.3 is 19.9 Å². The van der Waals surface area contributed by atoms with Gasteiger partial charge in [0.25, 0.3) is 5.91 Å². The van der Waals surface area contributed by atoms with Crippen molar-refractivity contribution in [2.75, 3.05) is 51.7 Å². The summed E-state index contributed by atoms with van der Waals surface area (Å²) in [6.07, 6.45) is 1.93. The Kier molecular flexibility index (Phi) is 8.67. The molecule has 2 aromatic heterocycles. The molecule has 3 rings (SSSR count). The van der Waals surface area contributed by atoms with Crippen LogP contribution in [0.1, 0.15) is 50.7 Å². The Morgan fingerprint density at radius 1 is 1.21 bits per heavy atom. The number of nitrogens with zero attached hydrogens (tertiary/aromatic N) is 5. The maximum absolute atomic E-state index is 13.0. The molecular formula is C23H34N6O3S2. The molecule has 1 fully saturated rings. The topological polar surface area (TPSA) is 82.9 Å². The summed E-state index contributed by atoms with van der Waals surface area (Å²) in [5.41, 5.74) is 3.41. The van der Waals surface area contributed by atoms with Crippen LogP contribution in [0.25, 0.3) is 0 Å². The first-order valence-corrected chi connectivity index (χ1v) is 12.7.